The average Bonchev–Trinajstić information content (AvgIpc) is 2.70. The number of benzene rings is 1. The fourth-order valence-electron chi connectivity index (χ4n) is 3.08. The van der Waals surface area contributed by atoms with Gasteiger partial charge in [-0.05, 0) is 24.6 Å². The van der Waals surface area contributed by atoms with Crippen molar-refractivity contribution < 1.29 is 28.8 Å². The third kappa shape index (κ3) is 4.65. The first kappa shape index (κ1) is 22.2. The normalized spacial score (nSPS) is 19.0. The van der Waals surface area contributed by atoms with Crippen molar-refractivity contribution in [2.45, 2.75) is 32.5 Å². The maximum atomic E-state index is 12.6. The summed E-state index contributed by atoms with van der Waals surface area (Å²) >= 11 is 0. The van der Waals surface area contributed by atoms with Crippen molar-refractivity contribution in [3.05, 3.63) is 45.5 Å². The maximum Gasteiger partial charge on any atom is 0.441 e. The van der Waals surface area contributed by atoms with Crippen molar-refractivity contribution in [3.63, 3.8) is 0 Å². The number of nitrogens with zero attached hydrogens (tertiary/aromatic N) is 4. The SMILES string of the molecule is CC(C(=O)C(=[N+]=[N-])C(=O)OCc1ccc([N+](=O)[O-])cc1)[C@H]1NC(=O)[C@@H]1[C@@H](C)NC#N. The molecule has 156 valence electrons. The van der Waals surface area contributed by atoms with E-state index in [9.17, 15) is 24.5 Å². The van der Waals surface area contributed by atoms with Crippen LogP contribution >= 0.6 is 0 Å². The van der Waals surface area contributed by atoms with Gasteiger partial charge in [0.05, 0.1) is 16.9 Å². The molecule has 0 radical (unpaired) electrons. The molecule has 4 atom stereocenters. The van der Waals surface area contributed by atoms with Crippen LogP contribution in [0.2, 0.25) is 0 Å². The zero-order valence-corrected chi connectivity index (χ0v) is 16.1. The predicted molar refractivity (Wildman–Crippen MR) is 99.3 cm³/mol. The molecule has 1 amide bonds. The molecular weight excluding hydrogens is 396 g/mol. The van der Waals surface area contributed by atoms with Crippen molar-refractivity contribution in [1.82, 2.24) is 10.6 Å². The van der Waals surface area contributed by atoms with Crippen molar-refractivity contribution >= 4 is 29.1 Å². The zero-order chi connectivity index (χ0) is 22.4. The summed E-state index contributed by atoms with van der Waals surface area (Å²) in [7, 11) is 0. The average molecular weight is 414 g/mol. The van der Waals surface area contributed by atoms with E-state index in [1.807, 2.05) is 0 Å². The highest BCUT2D eigenvalue weighted by molar-refractivity contribution is 6.62. The van der Waals surface area contributed by atoms with Gasteiger partial charge >= 0.3 is 11.7 Å². The van der Waals surface area contributed by atoms with Crippen molar-refractivity contribution in [1.29, 1.82) is 5.26 Å². The molecule has 12 heteroatoms. The van der Waals surface area contributed by atoms with Gasteiger partial charge in [0.15, 0.2) is 6.19 Å². The minimum absolute atomic E-state index is 0.135. The molecule has 1 heterocycles. The van der Waals surface area contributed by atoms with Crippen molar-refractivity contribution in [2.75, 3.05) is 0 Å². The zero-order valence-electron chi connectivity index (χ0n) is 16.1. The lowest BCUT2D eigenvalue weighted by Gasteiger charge is -2.42. The fourth-order valence-corrected chi connectivity index (χ4v) is 3.08. The largest absolute Gasteiger partial charge is 0.452 e. The Morgan fingerprint density at radius 1 is 1.40 bits per heavy atom. The number of carbonyl (C=O) groups excluding carboxylic acids is 3. The number of nitriles is 1. The second-order valence-corrected chi connectivity index (χ2v) is 6.71. The molecule has 1 saturated heterocycles. The Morgan fingerprint density at radius 2 is 2.03 bits per heavy atom. The van der Waals surface area contributed by atoms with Crippen LogP contribution in [0.1, 0.15) is 19.4 Å². The first-order valence-electron chi connectivity index (χ1n) is 8.83. The van der Waals surface area contributed by atoms with Crippen LogP contribution in [0.25, 0.3) is 5.53 Å². The molecule has 30 heavy (non-hydrogen) atoms. The van der Waals surface area contributed by atoms with Crippen LogP contribution in [0, 0.1) is 33.4 Å². The highest BCUT2D eigenvalue weighted by Crippen LogP contribution is 2.26. The molecule has 2 N–H and O–H groups in total. The number of rotatable bonds is 9. The van der Waals surface area contributed by atoms with Crippen LogP contribution in [0.4, 0.5) is 5.69 Å². The summed E-state index contributed by atoms with van der Waals surface area (Å²) in [5, 5.41) is 24.3. The molecule has 0 bridgehead atoms. The van der Waals surface area contributed by atoms with Crippen LogP contribution in [-0.4, -0.2) is 45.2 Å². The van der Waals surface area contributed by atoms with Gasteiger partial charge in [-0.25, -0.2) is 4.79 Å². The molecule has 0 aromatic heterocycles. The van der Waals surface area contributed by atoms with Gasteiger partial charge in [-0.15, -0.1) is 0 Å². The predicted octanol–water partition coefficient (Wildman–Crippen LogP) is 0.0878. The van der Waals surface area contributed by atoms with E-state index in [0.29, 0.717) is 5.56 Å². The summed E-state index contributed by atoms with van der Waals surface area (Å²) < 4.78 is 4.95. The summed E-state index contributed by atoms with van der Waals surface area (Å²) in [6.07, 6.45) is 1.73. The molecular formula is C18H18N6O6. The van der Waals surface area contributed by atoms with E-state index in [2.05, 4.69) is 15.4 Å². The third-order valence-corrected chi connectivity index (χ3v) is 4.83. The third-order valence-electron chi connectivity index (χ3n) is 4.83. The number of β-lactam (4-membered cyclic amide) rings is 1. The molecule has 2 rings (SSSR count). The molecule has 0 saturated carbocycles. The fraction of sp³-hybridized carbons (Fsp3) is 0.389. The van der Waals surface area contributed by atoms with Gasteiger partial charge in [0.25, 0.3) is 11.5 Å². The van der Waals surface area contributed by atoms with Crippen LogP contribution in [-0.2, 0) is 25.7 Å². The topological polar surface area (TPSA) is 188 Å². The summed E-state index contributed by atoms with van der Waals surface area (Å²) in [6, 6.07) is 4.02. The van der Waals surface area contributed by atoms with E-state index < -0.39 is 46.3 Å². The van der Waals surface area contributed by atoms with Gasteiger partial charge in [0.1, 0.15) is 6.61 Å². The Labute approximate surface area is 170 Å². The lowest BCUT2D eigenvalue weighted by atomic mass is 9.75. The Bertz CT molecular complexity index is 962. The molecule has 1 aromatic rings. The van der Waals surface area contributed by atoms with Crippen LogP contribution in [0.3, 0.4) is 0 Å². The van der Waals surface area contributed by atoms with Gasteiger partial charge in [0, 0.05) is 24.1 Å². The number of hydrogen-bond acceptors (Lipinski definition) is 8. The number of nitrogens with one attached hydrogen (secondary N) is 2. The standard InChI is InChI=1S/C18H18N6O6/c1-9(14-13(17(26)22-14)10(2)21-8-19)16(25)15(23-20)18(27)30-7-11-3-5-12(6-4-11)24(28)29/h3-6,9-10,13-14,21H,7H2,1-2H3,(H,22,26)/t9?,10-,13-,14-/m1/s1. The highest BCUT2D eigenvalue weighted by Gasteiger charge is 2.50. The molecule has 1 aliphatic rings. The Morgan fingerprint density at radius 3 is 2.53 bits per heavy atom. The number of hydrogen-bond donors (Lipinski definition) is 2. The van der Waals surface area contributed by atoms with Gasteiger partial charge < -0.3 is 20.9 Å². The van der Waals surface area contributed by atoms with E-state index in [0.717, 1.165) is 0 Å². The number of nitro groups is 1. The Kier molecular flexibility index (Phi) is 6.95. The molecule has 0 aliphatic carbocycles. The Hall–Kier alpha value is -4.10. The lowest BCUT2D eigenvalue weighted by Crippen LogP contribution is -2.67. The summed E-state index contributed by atoms with van der Waals surface area (Å²) in [5.41, 5.74) is 8.59. The molecule has 1 unspecified atom stereocenters. The number of carbonyl (C=O) groups is 3. The van der Waals surface area contributed by atoms with Gasteiger partial charge in [-0.3, -0.25) is 19.7 Å². The highest BCUT2D eigenvalue weighted by atomic mass is 16.6. The molecule has 1 aromatic carbocycles. The summed E-state index contributed by atoms with van der Waals surface area (Å²) in [5.74, 6) is -3.98. The van der Waals surface area contributed by atoms with Gasteiger partial charge in [0.2, 0.25) is 5.91 Å². The molecule has 12 nitrogen and oxygen atoms in total. The summed E-state index contributed by atoms with van der Waals surface area (Å²) in [6.45, 7) is 2.76. The maximum absolute atomic E-state index is 12.6. The van der Waals surface area contributed by atoms with E-state index in [4.69, 9.17) is 15.5 Å². The number of Topliss-reactive ketones (excluding diaryl/α,β-unsaturated/α-hetero) is 1. The second-order valence-electron chi connectivity index (χ2n) is 6.71. The molecule has 1 fully saturated rings. The van der Waals surface area contributed by atoms with Crippen molar-refractivity contribution in [2.24, 2.45) is 11.8 Å². The number of nitro benzene ring substituents is 1. The molecule has 1 aliphatic heterocycles. The van der Waals surface area contributed by atoms with E-state index in [-0.39, 0.29) is 18.2 Å². The number of ether oxygens (including phenoxy) is 1. The Balaban J connectivity index is 2.02. The number of esters is 1. The monoisotopic (exact) mass is 414 g/mol. The number of non-ortho nitro benzene ring substituents is 1. The van der Waals surface area contributed by atoms with E-state index >= 15 is 0 Å². The van der Waals surface area contributed by atoms with Crippen LogP contribution < -0.4 is 10.6 Å². The van der Waals surface area contributed by atoms with Crippen molar-refractivity contribution in [3.8, 4) is 6.19 Å². The minimum Gasteiger partial charge on any atom is -0.452 e. The first-order valence-corrected chi connectivity index (χ1v) is 8.83. The second kappa shape index (κ2) is 9.40. The van der Waals surface area contributed by atoms with E-state index in [1.54, 1.807) is 13.1 Å². The lowest BCUT2D eigenvalue weighted by molar-refractivity contribution is -0.384. The first-order chi connectivity index (χ1) is 14.2. The quantitative estimate of drug-likeness (QED) is 0.0543. The molecule has 0 spiro atoms. The number of amides is 1. The van der Waals surface area contributed by atoms with Gasteiger partial charge in [-0.2, -0.15) is 10.1 Å². The summed E-state index contributed by atoms with van der Waals surface area (Å²) in [4.78, 5) is 49.4. The smallest absolute Gasteiger partial charge is 0.441 e. The minimum atomic E-state index is -1.18. The van der Waals surface area contributed by atoms with Gasteiger partial charge in [-0.1, -0.05) is 6.92 Å². The van der Waals surface area contributed by atoms with Crippen LogP contribution in [0.15, 0.2) is 24.3 Å². The van der Waals surface area contributed by atoms with Crippen LogP contribution in [0.5, 0.6) is 0 Å². The van der Waals surface area contributed by atoms with E-state index in [1.165, 1.54) is 31.2 Å². The number of ketones is 1.